The summed E-state index contributed by atoms with van der Waals surface area (Å²) >= 11 is 1.39. The molecule has 1 heterocycles. The second-order valence-electron chi connectivity index (χ2n) is 4.54. The predicted octanol–water partition coefficient (Wildman–Crippen LogP) is 2.65. The van der Waals surface area contributed by atoms with E-state index in [0.717, 1.165) is 17.4 Å². The number of carbonyl (C=O) groups is 1. The number of nitrogens with zero attached hydrogens (tertiary/aromatic N) is 3. The van der Waals surface area contributed by atoms with Gasteiger partial charge in [-0.2, -0.15) is 0 Å². The standard InChI is InChI=1S/C14H18N4OS/c1-4-18-9-15-17-14(18)20-8-13(19)16-12-6-5-10(2)11(3)7-12/h5-7,9H,4,8H2,1-3H3,(H,16,19). The SMILES string of the molecule is CCn1cnnc1SCC(=O)Nc1ccc(C)c(C)c1. The van der Waals surface area contributed by atoms with Gasteiger partial charge < -0.3 is 9.88 Å². The van der Waals surface area contributed by atoms with Crippen molar-refractivity contribution in [2.75, 3.05) is 11.1 Å². The molecule has 20 heavy (non-hydrogen) atoms. The van der Waals surface area contributed by atoms with Crippen LogP contribution in [-0.2, 0) is 11.3 Å². The van der Waals surface area contributed by atoms with Crippen molar-refractivity contribution in [3.8, 4) is 0 Å². The molecule has 6 heteroatoms. The summed E-state index contributed by atoms with van der Waals surface area (Å²) in [5.41, 5.74) is 3.21. The monoisotopic (exact) mass is 290 g/mol. The van der Waals surface area contributed by atoms with Crippen molar-refractivity contribution in [1.82, 2.24) is 14.8 Å². The molecular weight excluding hydrogens is 272 g/mol. The lowest BCUT2D eigenvalue weighted by atomic mass is 10.1. The molecule has 0 saturated heterocycles. The van der Waals surface area contributed by atoms with Crippen LogP contribution in [0.15, 0.2) is 29.7 Å². The molecule has 106 valence electrons. The third-order valence-corrected chi connectivity index (χ3v) is 4.02. The van der Waals surface area contributed by atoms with E-state index in [1.165, 1.54) is 22.9 Å². The number of aromatic nitrogens is 3. The van der Waals surface area contributed by atoms with Gasteiger partial charge in [-0.25, -0.2) is 0 Å². The van der Waals surface area contributed by atoms with Crippen LogP contribution in [0.2, 0.25) is 0 Å². The summed E-state index contributed by atoms with van der Waals surface area (Å²) in [6.45, 7) is 6.90. The molecule has 1 N–H and O–H groups in total. The topological polar surface area (TPSA) is 59.8 Å². The van der Waals surface area contributed by atoms with Crippen LogP contribution in [0.25, 0.3) is 0 Å². The number of anilines is 1. The Morgan fingerprint density at radius 3 is 2.85 bits per heavy atom. The normalized spacial score (nSPS) is 10.6. The smallest absolute Gasteiger partial charge is 0.234 e. The van der Waals surface area contributed by atoms with Gasteiger partial charge >= 0.3 is 0 Å². The Hall–Kier alpha value is -1.82. The second kappa shape index (κ2) is 6.56. The van der Waals surface area contributed by atoms with E-state index in [0.29, 0.717) is 5.75 Å². The van der Waals surface area contributed by atoms with Crippen LogP contribution in [0.4, 0.5) is 5.69 Å². The van der Waals surface area contributed by atoms with E-state index in [-0.39, 0.29) is 5.91 Å². The lowest BCUT2D eigenvalue weighted by molar-refractivity contribution is -0.113. The molecule has 0 atom stereocenters. The van der Waals surface area contributed by atoms with E-state index in [1.807, 2.05) is 43.5 Å². The fourth-order valence-corrected chi connectivity index (χ4v) is 2.50. The average Bonchev–Trinajstić information content (AvgIpc) is 2.88. The van der Waals surface area contributed by atoms with Crippen LogP contribution in [0.1, 0.15) is 18.1 Å². The molecule has 2 rings (SSSR count). The molecule has 5 nitrogen and oxygen atoms in total. The van der Waals surface area contributed by atoms with Gasteiger partial charge in [0.05, 0.1) is 5.75 Å². The third-order valence-electron chi connectivity index (χ3n) is 3.04. The maximum Gasteiger partial charge on any atom is 0.234 e. The molecule has 0 aliphatic heterocycles. The molecule has 0 saturated carbocycles. The van der Waals surface area contributed by atoms with Crippen molar-refractivity contribution in [2.24, 2.45) is 0 Å². The Morgan fingerprint density at radius 2 is 2.15 bits per heavy atom. The molecular formula is C14H18N4OS. The van der Waals surface area contributed by atoms with Gasteiger partial charge in [-0.05, 0) is 44.0 Å². The van der Waals surface area contributed by atoms with Crippen molar-refractivity contribution in [3.63, 3.8) is 0 Å². The van der Waals surface area contributed by atoms with Crippen LogP contribution < -0.4 is 5.32 Å². The summed E-state index contributed by atoms with van der Waals surface area (Å²) in [6.07, 6.45) is 1.67. The van der Waals surface area contributed by atoms with Gasteiger partial charge in [0.15, 0.2) is 5.16 Å². The third kappa shape index (κ3) is 3.60. The molecule has 1 aromatic heterocycles. The van der Waals surface area contributed by atoms with Gasteiger partial charge in [0, 0.05) is 12.2 Å². The van der Waals surface area contributed by atoms with E-state index in [2.05, 4.69) is 15.5 Å². The summed E-state index contributed by atoms with van der Waals surface area (Å²) in [5, 5.41) is 11.5. The fourth-order valence-electron chi connectivity index (χ4n) is 1.72. The minimum Gasteiger partial charge on any atom is -0.325 e. The maximum absolute atomic E-state index is 11.9. The number of hydrogen-bond donors (Lipinski definition) is 1. The number of thioether (sulfide) groups is 1. The highest BCUT2D eigenvalue weighted by Gasteiger charge is 2.08. The zero-order valence-electron chi connectivity index (χ0n) is 11.9. The maximum atomic E-state index is 11.9. The van der Waals surface area contributed by atoms with Crippen LogP contribution in [0, 0.1) is 13.8 Å². The Morgan fingerprint density at radius 1 is 1.35 bits per heavy atom. The van der Waals surface area contributed by atoms with Crippen molar-refractivity contribution in [1.29, 1.82) is 0 Å². The minimum atomic E-state index is -0.0380. The average molecular weight is 290 g/mol. The van der Waals surface area contributed by atoms with Crippen LogP contribution in [0.5, 0.6) is 0 Å². The first-order valence-corrected chi connectivity index (χ1v) is 7.46. The fraction of sp³-hybridized carbons (Fsp3) is 0.357. The second-order valence-corrected chi connectivity index (χ2v) is 5.48. The molecule has 2 aromatic rings. The van der Waals surface area contributed by atoms with Crippen molar-refractivity contribution < 1.29 is 4.79 Å². The highest BCUT2D eigenvalue weighted by Crippen LogP contribution is 2.17. The molecule has 0 aliphatic carbocycles. The van der Waals surface area contributed by atoms with Crippen molar-refractivity contribution >= 4 is 23.4 Å². The van der Waals surface area contributed by atoms with Crippen LogP contribution in [-0.4, -0.2) is 26.4 Å². The van der Waals surface area contributed by atoms with E-state index in [1.54, 1.807) is 6.33 Å². The molecule has 0 radical (unpaired) electrons. The lowest BCUT2D eigenvalue weighted by Crippen LogP contribution is -2.14. The lowest BCUT2D eigenvalue weighted by Gasteiger charge is -2.07. The predicted molar refractivity (Wildman–Crippen MR) is 81.0 cm³/mol. The first-order chi connectivity index (χ1) is 9.60. The van der Waals surface area contributed by atoms with Gasteiger partial charge in [-0.3, -0.25) is 4.79 Å². The highest BCUT2D eigenvalue weighted by atomic mass is 32.2. The largest absolute Gasteiger partial charge is 0.325 e. The summed E-state index contributed by atoms with van der Waals surface area (Å²) in [7, 11) is 0. The first kappa shape index (κ1) is 14.6. The number of aryl methyl sites for hydroxylation is 3. The number of rotatable bonds is 5. The molecule has 0 unspecified atom stereocenters. The van der Waals surface area contributed by atoms with E-state index >= 15 is 0 Å². The van der Waals surface area contributed by atoms with E-state index in [9.17, 15) is 4.79 Å². The zero-order valence-corrected chi connectivity index (χ0v) is 12.7. The summed E-state index contributed by atoms with van der Waals surface area (Å²) in [6, 6.07) is 5.90. The van der Waals surface area contributed by atoms with Gasteiger partial charge in [-0.1, -0.05) is 17.8 Å². The Bertz CT molecular complexity index is 609. The molecule has 0 spiro atoms. The summed E-state index contributed by atoms with van der Waals surface area (Å²) in [4.78, 5) is 11.9. The Kier molecular flexibility index (Phi) is 4.79. The van der Waals surface area contributed by atoms with Gasteiger partial charge in [0.1, 0.15) is 6.33 Å². The molecule has 0 aliphatic rings. The van der Waals surface area contributed by atoms with Gasteiger partial charge in [0.2, 0.25) is 5.91 Å². The number of carbonyl (C=O) groups excluding carboxylic acids is 1. The number of benzene rings is 1. The molecule has 0 fully saturated rings. The summed E-state index contributed by atoms with van der Waals surface area (Å²) < 4.78 is 1.91. The minimum absolute atomic E-state index is 0.0380. The highest BCUT2D eigenvalue weighted by molar-refractivity contribution is 7.99. The first-order valence-electron chi connectivity index (χ1n) is 6.48. The van der Waals surface area contributed by atoms with Crippen molar-refractivity contribution in [3.05, 3.63) is 35.7 Å². The number of amides is 1. The Labute approximate surface area is 122 Å². The van der Waals surface area contributed by atoms with E-state index in [4.69, 9.17) is 0 Å². The van der Waals surface area contributed by atoms with Gasteiger partial charge in [0.25, 0.3) is 0 Å². The van der Waals surface area contributed by atoms with Crippen LogP contribution >= 0.6 is 11.8 Å². The zero-order chi connectivity index (χ0) is 14.5. The number of nitrogens with one attached hydrogen (secondary N) is 1. The quantitative estimate of drug-likeness (QED) is 0.860. The van der Waals surface area contributed by atoms with Gasteiger partial charge in [-0.15, -0.1) is 10.2 Å². The van der Waals surface area contributed by atoms with Crippen molar-refractivity contribution in [2.45, 2.75) is 32.5 Å². The summed E-state index contributed by atoms with van der Waals surface area (Å²) in [5.74, 6) is 0.287. The molecule has 1 amide bonds. The molecule has 1 aromatic carbocycles. The van der Waals surface area contributed by atoms with Crippen LogP contribution in [0.3, 0.4) is 0 Å². The molecule has 0 bridgehead atoms. The Balaban J connectivity index is 1.91. The van der Waals surface area contributed by atoms with E-state index < -0.39 is 0 Å². The number of hydrogen-bond acceptors (Lipinski definition) is 4.